The molecule has 1 atom stereocenters. The van der Waals surface area contributed by atoms with Gasteiger partial charge < -0.3 is 15.1 Å². The van der Waals surface area contributed by atoms with Crippen molar-refractivity contribution in [1.29, 1.82) is 0 Å². The first-order valence-corrected chi connectivity index (χ1v) is 8.21. The molecule has 0 aromatic heterocycles. The highest BCUT2D eigenvalue weighted by Crippen LogP contribution is 2.39. The van der Waals surface area contributed by atoms with Gasteiger partial charge in [0.1, 0.15) is 18.1 Å². The zero-order valence-corrected chi connectivity index (χ0v) is 14.6. The third-order valence-electron chi connectivity index (χ3n) is 4.38. The fourth-order valence-corrected chi connectivity index (χ4v) is 3.08. The first-order chi connectivity index (χ1) is 13.7. The van der Waals surface area contributed by atoms with E-state index in [-0.39, 0.29) is 16.8 Å². The zero-order chi connectivity index (χ0) is 21.3. The van der Waals surface area contributed by atoms with Gasteiger partial charge in [0.15, 0.2) is 0 Å². The average Bonchev–Trinajstić information content (AvgIpc) is 2.92. The van der Waals surface area contributed by atoms with Crippen LogP contribution in [0.1, 0.15) is 17.2 Å². The van der Waals surface area contributed by atoms with Gasteiger partial charge >= 0.3 is 5.97 Å². The molecule has 1 amide bonds. The van der Waals surface area contributed by atoms with Gasteiger partial charge in [-0.3, -0.25) is 24.5 Å². The van der Waals surface area contributed by atoms with Crippen molar-refractivity contribution in [3.8, 4) is 0 Å². The number of hydrogen-bond donors (Lipinski definition) is 2. The smallest absolute Gasteiger partial charge is 0.323 e. The van der Waals surface area contributed by atoms with Gasteiger partial charge in [0.25, 0.3) is 17.4 Å². The van der Waals surface area contributed by atoms with Crippen LogP contribution in [0.25, 0.3) is 5.76 Å². The summed E-state index contributed by atoms with van der Waals surface area (Å²) in [6, 6.07) is 8.02. The number of Topliss-reactive ketones (excluding diaryl/α,β-unsaturated/α-hetero) is 1. The summed E-state index contributed by atoms with van der Waals surface area (Å²) in [5.74, 6) is -4.84. The summed E-state index contributed by atoms with van der Waals surface area (Å²) in [5.41, 5.74) is -0.397. The fourth-order valence-electron chi connectivity index (χ4n) is 3.08. The van der Waals surface area contributed by atoms with Crippen molar-refractivity contribution in [3.63, 3.8) is 0 Å². The van der Waals surface area contributed by atoms with Gasteiger partial charge in [-0.2, -0.15) is 0 Å². The van der Waals surface area contributed by atoms with Crippen molar-refractivity contribution in [3.05, 3.63) is 81.2 Å². The number of aliphatic carboxylic acids is 1. The van der Waals surface area contributed by atoms with Gasteiger partial charge in [-0.1, -0.05) is 12.1 Å². The van der Waals surface area contributed by atoms with Crippen LogP contribution in [0.15, 0.2) is 54.1 Å². The number of aliphatic hydroxyl groups is 1. The number of carbonyl (C=O) groups excluding carboxylic acids is 2. The second-order valence-electron chi connectivity index (χ2n) is 6.18. The van der Waals surface area contributed by atoms with E-state index in [9.17, 15) is 34.0 Å². The summed E-state index contributed by atoms with van der Waals surface area (Å²) in [6.07, 6.45) is 0. The standard InChI is InChI=1S/C19H13FN2O7/c20-12-5-1-10(2-6-12)16-15(18(26)19(27)21(16)9-14(23)24)17(25)11-3-7-13(8-4-11)22(28)29/h1-8,16,25H,9H2,(H,23,24)/b17-15-. The van der Waals surface area contributed by atoms with Crippen molar-refractivity contribution in [2.45, 2.75) is 6.04 Å². The third-order valence-corrected chi connectivity index (χ3v) is 4.38. The molecule has 29 heavy (non-hydrogen) atoms. The molecule has 1 unspecified atom stereocenters. The lowest BCUT2D eigenvalue weighted by Gasteiger charge is -2.23. The maximum absolute atomic E-state index is 13.3. The number of likely N-dealkylation sites (tertiary alicyclic amines) is 1. The topological polar surface area (TPSA) is 138 Å². The molecule has 2 aromatic carbocycles. The van der Waals surface area contributed by atoms with Crippen LogP contribution in [-0.4, -0.2) is 44.2 Å². The molecule has 1 heterocycles. The Hall–Kier alpha value is -4.08. The Morgan fingerprint density at radius 2 is 1.66 bits per heavy atom. The van der Waals surface area contributed by atoms with E-state index in [1.165, 1.54) is 24.3 Å². The van der Waals surface area contributed by atoms with Crippen molar-refractivity contribution < 1.29 is 33.9 Å². The number of aliphatic hydroxyl groups excluding tert-OH is 1. The van der Waals surface area contributed by atoms with Gasteiger partial charge in [-0.15, -0.1) is 0 Å². The highest BCUT2D eigenvalue weighted by Gasteiger charge is 2.46. The lowest BCUT2D eigenvalue weighted by atomic mass is 9.95. The van der Waals surface area contributed by atoms with Crippen LogP contribution in [0.2, 0.25) is 0 Å². The van der Waals surface area contributed by atoms with E-state index in [4.69, 9.17) is 5.11 Å². The number of carboxylic acids is 1. The Labute approximate surface area is 162 Å². The molecule has 1 aliphatic heterocycles. The molecule has 0 saturated carbocycles. The summed E-state index contributed by atoms with van der Waals surface area (Å²) >= 11 is 0. The molecule has 0 spiro atoms. The molecule has 1 saturated heterocycles. The largest absolute Gasteiger partial charge is 0.507 e. The molecule has 1 aliphatic rings. The van der Waals surface area contributed by atoms with E-state index in [2.05, 4.69) is 0 Å². The van der Waals surface area contributed by atoms with E-state index < -0.39 is 52.3 Å². The van der Waals surface area contributed by atoms with Crippen molar-refractivity contribution in [2.24, 2.45) is 0 Å². The summed E-state index contributed by atoms with van der Waals surface area (Å²) in [4.78, 5) is 47.0. The lowest BCUT2D eigenvalue weighted by molar-refractivity contribution is -0.384. The van der Waals surface area contributed by atoms with Gasteiger partial charge in [0.2, 0.25) is 0 Å². The Balaban J connectivity index is 2.16. The molecule has 3 rings (SSSR count). The van der Waals surface area contributed by atoms with Gasteiger partial charge in [-0.25, -0.2) is 4.39 Å². The average molecular weight is 400 g/mol. The maximum atomic E-state index is 13.3. The lowest BCUT2D eigenvalue weighted by Crippen LogP contribution is -2.34. The molecule has 0 aliphatic carbocycles. The number of nitro groups is 1. The minimum atomic E-state index is -1.38. The number of hydrogen-bond acceptors (Lipinski definition) is 6. The molecular formula is C19H13FN2O7. The van der Waals surface area contributed by atoms with Crippen LogP contribution in [0.4, 0.5) is 10.1 Å². The second-order valence-corrected chi connectivity index (χ2v) is 6.18. The number of nitrogens with zero attached hydrogens (tertiary/aromatic N) is 2. The predicted octanol–water partition coefficient (Wildman–Crippen LogP) is 2.24. The van der Waals surface area contributed by atoms with Gasteiger partial charge in [-0.05, 0) is 29.8 Å². The highest BCUT2D eigenvalue weighted by atomic mass is 19.1. The molecule has 1 fully saturated rings. The minimum Gasteiger partial charge on any atom is -0.507 e. The third kappa shape index (κ3) is 3.68. The Morgan fingerprint density at radius 1 is 1.07 bits per heavy atom. The molecule has 148 valence electrons. The number of carboxylic acid groups (broad SMARTS) is 1. The van der Waals surface area contributed by atoms with Crippen LogP contribution in [0.5, 0.6) is 0 Å². The number of ketones is 1. The van der Waals surface area contributed by atoms with E-state index >= 15 is 0 Å². The van der Waals surface area contributed by atoms with Crippen LogP contribution in [0.3, 0.4) is 0 Å². The number of benzene rings is 2. The molecular weight excluding hydrogens is 387 g/mol. The van der Waals surface area contributed by atoms with Crippen LogP contribution in [-0.2, 0) is 14.4 Å². The van der Waals surface area contributed by atoms with Crippen LogP contribution in [0, 0.1) is 15.9 Å². The highest BCUT2D eigenvalue weighted by molar-refractivity contribution is 6.46. The first-order valence-electron chi connectivity index (χ1n) is 8.21. The molecule has 9 nitrogen and oxygen atoms in total. The quantitative estimate of drug-likeness (QED) is 0.258. The number of amides is 1. The van der Waals surface area contributed by atoms with Crippen LogP contribution < -0.4 is 0 Å². The minimum absolute atomic E-state index is 0.0241. The Morgan fingerprint density at radius 3 is 2.17 bits per heavy atom. The monoisotopic (exact) mass is 400 g/mol. The number of carbonyl (C=O) groups is 3. The number of non-ortho nitro benzene ring substituents is 1. The first kappa shape index (κ1) is 19.7. The molecule has 2 aromatic rings. The Bertz CT molecular complexity index is 1050. The van der Waals surface area contributed by atoms with E-state index in [1.54, 1.807) is 0 Å². The van der Waals surface area contributed by atoms with Crippen LogP contribution >= 0.6 is 0 Å². The fraction of sp³-hybridized carbons (Fsp3) is 0.105. The van der Waals surface area contributed by atoms with Gasteiger partial charge in [0.05, 0.1) is 16.5 Å². The molecule has 10 heteroatoms. The summed E-state index contributed by atoms with van der Waals surface area (Å²) in [5, 5.41) is 30.6. The summed E-state index contributed by atoms with van der Waals surface area (Å²) in [6.45, 7) is -0.816. The number of rotatable bonds is 5. The predicted molar refractivity (Wildman–Crippen MR) is 96.1 cm³/mol. The molecule has 2 N–H and O–H groups in total. The summed E-state index contributed by atoms with van der Waals surface area (Å²) in [7, 11) is 0. The van der Waals surface area contributed by atoms with E-state index in [0.29, 0.717) is 0 Å². The van der Waals surface area contributed by atoms with Crippen molar-refractivity contribution >= 4 is 29.1 Å². The Kier molecular flexibility index (Phi) is 5.09. The molecule has 0 bridgehead atoms. The number of halogens is 1. The maximum Gasteiger partial charge on any atom is 0.323 e. The van der Waals surface area contributed by atoms with Crippen molar-refractivity contribution in [2.75, 3.05) is 6.54 Å². The summed E-state index contributed by atoms with van der Waals surface area (Å²) < 4.78 is 13.3. The normalized spacial score (nSPS) is 18.1. The van der Waals surface area contributed by atoms with Crippen molar-refractivity contribution in [1.82, 2.24) is 4.90 Å². The van der Waals surface area contributed by atoms with Gasteiger partial charge in [0, 0.05) is 17.7 Å². The second kappa shape index (κ2) is 7.50. The number of nitro benzene ring substituents is 1. The molecule has 0 radical (unpaired) electrons. The van der Waals surface area contributed by atoms with E-state index in [1.807, 2.05) is 0 Å². The zero-order valence-electron chi connectivity index (χ0n) is 14.6. The SMILES string of the molecule is O=C(O)CN1C(=O)C(=O)/C(=C(\O)c2ccc([N+](=O)[O-])cc2)C1c1ccc(F)cc1. The van der Waals surface area contributed by atoms with E-state index in [0.717, 1.165) is 29.2 Å².